The maximum absolute atomic E-state index is 13.9. The number of carbonyl (C=O) groups excluding carboxylic acids is 2. The average molecular weight is 485 g/mol. The van der Waals surface area contributed by atoms with Gasteiger partial charge in [0.15, 0.2) is 0 Å². The fourth-order valence-corrected chi connectivity index (χ4v) is 6.12. The molecule has 0 radical (unpaired) electrons. The van der Waals surface area contributed by atoms with E-state index in [1.54, 1.807) is 11.8 Å². The highest BCUT2D eigenvalue weighted by atomic mass is 16.5. The number of benzene rings is 2. The molecular weight excluding hydrogens is 452 g/mol. The van der Waals surface area contributed by atoms with E-state index in [9.17, 15) is 9.59 Å². The van der Waals surface area contributed by atoms with Crippen molar-refractivity contribution in [3.05, 3.63) is 71.5 Å². The van der Waals surface area contributed by atoms with E-state index in [1.165, 1.54) is 6.42 Å². The first-order chi connectivity index (χ1) is 17.6. The van der Waals surface area contributed by atoms with Gasteiger partial charge in [0.05, 0.1) is 19.0 Å². The van der Waals surface area contributed by atoms with E-state index in [0.717, 1.165) is 61.5 Å². The Labute approximate surface area is 211 Å². The lowest BCUT2D eigenvalue weighted by Crippen LogP contribution is -2.45. The summed E-state index contributed by atoms with van der Waals surface area (Å²) in [5.74, 6) is 1.31. The molecule has 2 atom stereocenters. The number of amides is 2. The second-order valence-electron chi connectivity index (χ2n) is 10.3. The van der Waals surface area contributed by atoms with E-state index in [-0.39, 0.29) is 17.2 Å². The molecule has 3 aliphatic rings. The lowest BCUT2D eigenvalue weighted by Gasteiger charge is -2.34. The quantitative estimate of drug-likeness (QED) is 0.520. The number of likely N-dealkylation sites (tertiary alicyclic amines) is 1. The van der Waals surface area contributed by atoms with Gasteiger partial charge in [-0.25, -0.2) is 4.68 Å². The SMILES string of the molecule is CCC1CC12CN(c1ccc(C(=O)N3CCCCC3)cc1)C(=O)c1c2cnn1-c1ccc(OC)cc1. The molecule has 6 rings (SSSR count). The van der Waals surface area contributed by atoms with Gasteiger partial charge in [-0.1, -0.05) is 13.3 Å². The van der Waals surface area contributed by atoms with E-state index in [2.05, 4.69) is 12.0 Å². The van der Waals surface area contributed by atoms with Crippen LogP contribution in [0.15, 0.2) is 54.7 Å². The van der Waals surface area contributed by atoms with Gasteiger partial charge in [0.25, 0.3) is 11.8 Å². The van der Waals surface area contributed by atoms with E-state index in [0.29, 0.717) is 23.7 Å². The second-order valence-corrected chi connectivity index (χ2v) is 10.3. The van der Waals surface area contributed by atoms with Crippen molar-refractivity contribution in [2.24, 2.45) is 5.92 Å². The summed E-state index contributed by atoms with van der Waals surface area (Å²) >= 11 is 0. The van der Waals surface area contributed by atoms with E-state index >= 15 is 0 Å². The first-order valence-corrected chi connectivity index (χ1v) is 13.0. The molecule has 1 saturated carbocycles. The van der Waals surface area contributed by atoms with Crippen LogP contribution in [0.1, 0.15) is 65.4 Å². The number of hydrogen-bond acceptors (Lipinski definition) is 4. The third kappa shape index (κ3) is 3.60. The van der Waals surface area contributed by atoms with Crippen molar-refractivity contribution in [3.63, 3.8) is 0 Å². The minimum atomic E-state index is -0.0645. The van der Waals surface area contributed by atoms with Crippen LogP contribution >= 0.6 is 0 Å². The molecule has 1 saturated heterocycles. The molecule has 3 aromatic rings. The van der Waals surface area contributed by atoms with Crippen LogP contribution < -0.4 is 9.64 Å². The zero-order chi connectivity index (χ0) is 24.9. The Morgan fingerprint density at radius 1 is 1.03 bits per heavy atom. The predicted octanol–water partition coefficient (Wildman–Crippen LogP) is 4.84. The molecule has 2 aliphatic heterocycles. The fraction of sp³-hybridized carbons (Fsp3) is 0.414. The summed E-state index contributed by atoms with van der Waals surface area (Å²) in [7, 11) is 1.64. The first kappa shape index (κ1) is 22.8. The topological polar surface area (TPSA) is 67.7 Å². The second kappa shape index (κ2) is 8.80. The van der Waals surface area contributed by atoms with E-state index in [1.807, 2.05) is 64.5 Å². The van der Waals surface area contributed by atoms with Crippen LogP contribution in [-0.4, -0.2) is 53.2 Å². The highest BCUT2D eigenvalue weighted by Gasteiger charge is 2.60. The van der Waals surface area contributed by atoms with Crippen molar-refractivity contribution >= 4 is 17.5 Å². The summed E-state index contributed by atoms with van der Waals surface area (Å²) in [5.41, 5.74) is 3.97. The molecule has 0 bridgehead atoms. The molecule has 186 valence electrons. The van der Waals surface area contributed by atoms with Crippen molar-refractivity contribution in [2.45, 2.75) is 44.4 Å². The monoisotopic (exact) mass is 484 g/mol. The van der Waals surface area contributed by atoms with Gasteiger partial charge in [-0.15, -0.1) is 0 Å². The summed E-state index contributed by atoms with van der Waals surface area (Å²) in [6, 6.07) is 15.2. The normalized spacial score (nSPS) is 23.1. The largest absolute Gasteiger partial charge is 0.497 e. The van der Waals surface area contributed by atoms with Crippen LogP contribution in [0, 0.1) is 5.92 Å². The smallest absolute Gasteiger partial charge is 0.277 e. The standard InChI is InChI=1S/C29H32N4O3/c1-3-21-17-29(21)19-32(22-9-7-20(8-10-22)27(34)31-15-5-4-6-16-31)28(35)26-25(29)18-30-33(26)23-11-13-24(36-2)14-12-23/h7-14,18,21H,3-6,15-17,19H2,1-2H3. The molecule has 7 nitrogen and oxygen atoms in total. The third-order valence-electron chi connectivity index (χ3n) is 8.30. The van der Waals surface area contributed by atoms with Crippen molar-refractivity contribution < 1.29 is 14.3 Å². The Morgan fingerprint density at radius 2 is 1.72 bits per heavy atom. The summed E-state index contributed by atoms with van der Waals surface area (Å²) < 4.78 is 7.07. The van der Waals surface area contributed by atoms with E-state index in [4.69, 9.17) is 4.74 Å². The van der Waals surface area contributed by atoms with Gasteiger partial charge in [0.1, 0.15) is 11.4 Å². The third-order valence-corrected chi connectivity index (χ3v) is 8.30. The lowest BCUT2D eigenvalue weighted by atomic mass is 9.87. The molecule has 1 spiro atoms. The summed E-state index contributed by atoms with van der Waals surface area (Å²) in [6.45, 7) is 4.51. The molecule has 2 unspecified atom stereocenters. The van der Waals surface area contributed by atoms with Gasteiger partial charge in [-0.2, -0.15) is 5.10 Å². The van der Waals surface area contributed by atoms with Crippen LogP contribution in [0.4, 0.5) is 5.69 Å². The zero-order valence-corrected chi connectivity index (χ0v) is 20.9. The molecular formula is C29H32N4O3. The average Bonchev–Trinajstić information content (AvgIpc) is 3.45. The number of fused-ring (bicyclic) bond motifs is 2. The van der Waals surface area contributed by atoms with Crippen LogP contribution in [0.2, 0.25) is 0 Å². The zero-order valence-electron chi connectivity index (χ0n) is 20.9. The van der Waals surface area contributed by atoms with Gasteiger partial charge < -0.3 is 14.5 Å². The number of methoxy groups -OCH3 is 1. The summed E-state index contributed by atoms with van der Waals surface area (Å²) in [6.07, 6.45) is 7.34. The van der Waals surface area contributed by atoms with Crippen molar-refractivity contribution in [1.82, 2.24) is 14.7 Å². The van der Waals surface area contributed by atoms with Crippen LogP contribution in [-0.2, 0) is 5.41 Å². The van der Waals surface area contributed by atoms with Crippen molar-refractivity contribution in [1.29, 1.82) is 0 Å². The molecule has 1 aliphatic carbocycles. The molecule has 2 fully saturated rings. The van der Waals surface area contributed by atoms with E-state index < -0.39 is 0 Å². The summed E-state index contributed by atoms with van der Waals surface area (Å²) in [4.78, 5) is 30.7. The Morgan fingerprint density at radius 3 is 2.36 bits per heavy atom. The Bertz CT molecular complexity index is 1290. The molecule has 3 heterocycles. The highest BCUT2D eigenvalue weighted by molar-refractivity contribution is 6.08. The van der Waals surface area contributed by atoms with Gasteiger partial charge in [0.2, 0.25) is 0 Å². The number of aromatic nitrogens is 2. The molecule has 1 aromatic heterocycles. The lowest BCUT2D eigenvalue weighted by molar-refractivity contribution is 0.0724. The number of rotatable bonds is 5. The van der Waals surface area contributed by atoms with Crippen LogP contribution in [0.25, 0.3) is 5.69 Å². The van der Waals surface area contributed by atoms with Crippen molar-refractivity contribution in [3.8, 4) is 11.4 Å². The number of carbonyl (C=O) groups is 2. The van der Waals surface area contributed by atoms with Crippen LogP contribution in [0.5, 0.6) is 5.75 Å². The molecule has 2 amide bonds. The number of anilines is 1. The van der Waals surface area contributed by atoms with Gasteiger partial charge in [0, 0.05) is 41.9 Å². The minimum Gasteiger partial charge on any atom is -0.497 e. The van der Waals surface area contributed by atoms with Gasteiger partial charge in [-0.05, 0) is 80.1 Å². The Balaban J connectivity index is 1.34. The Hall–Kier alpha value is -3.61. The fourth-order valence-electron chi connectivity index (χ4n) is 6.12. The molecule has 2 aromatic carbocycles. The molecule has 7 heteroatoms. The highest BCUT2D eigenvalue weighted by Crippen LogP contribution is 2.59. The summed E-state index contributed by atoms with van der Waals surface area (Å²) in [5, 5.41) is 4.67. The maximum atomic E-state index is 13.9. The van der Waals surface area contributed by atoms with Crippen LogP contribution in [0.3, 0.4) is 0 Å². The number of nitrogens with zero attached hydrogens (tertiary/aromatic N) is 4. The maximum Gasteiger partial charge on any atom is 0.277 e. The van der Waals surface area contributed by atoms with Gasteiger partial charge >= 0.3 is 0 Å². The van der Waals surface area contributed by atoms with Gasteiger partial charge in [-0.3, -0.25) is 9.59 Å². The first-order valence-electron chi connectivity index (χ1n) is 13.0. The molecule has 36 heavy (non-hydrogen) atoms. The number of piperidine rings is 1. The number of ether oxygens (including phenoxy) is 1. The minimum absolute atomic E-state index is 0.0548. The number of hydrogen-bond donors (Lipinski definition) is 0. The Kier molecular flexibility index (Phi) is 5.58. The van der Waals surface area contributed by atoms with Crippen molar-refractivity contribution in [2.75, 3.05) is 31.6 Å². The molecule has 0 N–H and O–H groups in total. The predicted molar refractivity (Wildman–Crippen MR) is 138 cm³/mol.